The van der Waals surface area contributed by atoms with Gasteiger partial charge in [-0.2, -0.15) is 0 Å². The van der Waals surface area contributed by atoms with Crippen LogP contribution in [0.1, 0.15) is 40.0 Å². The third-order valence-electron chi connectivity index (χ3n) is 3.41. The molecule has 2 aliphatic rings. The first kappa shape index (κ1) is 9.20. The number of nitrogens with one attached hydrogen (secondary N) is 1. The van der Waals surface area contributed by atoms with Crippen molar-refractivity contribution in [2.75, 3.05) is 0 Å². The van der Waals surface area contributed by atoms with Gasteiger partial charge in [-0.1, -0.05) is 20.8 Å². The average molecular weight is 181 g/mol. The number of piperidine rings is 1. The number of carbonyl (C=O) groups excluding carboxylic acids is 1. The monoisotopic (exact) mass is 181 g/mol. The van der Waals surface area contributed by atoms with E-state index in [1.807, 2.05) is 0 Å². The van der Waals surface area contributed by atoms with Gasteiger partial charge in [-0.15, -0.1) is 0 Å². The van der Waals surface area contributed by atoms with Gasteiger partial charge >= 0.3 is 0 Å². The number of hydrogen-bond acceptors (Lipinski definition) is 2. The van der Waals surface area contributed by atoms with Crippen molar-refractivity contribution in [3.63, 3.8) is 0 Å². The molecule has 3 unspecified atom stereocenters. The third-order valence-corrected chi connectivity index (χ3v) is 3.41. The summed E-state index contributed by atoms with van der Waals surface area (Å²) in [6, 6.07) is 0.961. The van der Waals surface area contributed by atoms with Gasteiger partial charge < -0.3 is 5.32 Å². The molecule has 13 heavy (non-hydrogen) atoms. The molecule has 0 aromatic carbocycles. The Balaban J connectivity index is 2.21. The Morgan fingerprint density at radius 1 is 1.31 bits per heavy atom. The maximum absolute atomic E-state index is 11.9. The molecule has 0 radical (unpaired) electrons. The third kappa shape index (κ3) is 1.52. The van der Waals surface area contributed by atoms with Crippen molar-refractivity contribution in [3.8, 4) is 0 Å². The molecule has 2 aliphatic heterocycles. The predicted octanol–water partition coefficient (Wildman–Crippen LogP) is 1.74. The van der Waals surface area contributed by atoms with Gasteiger partial charge in [0, 0.05) is 24.4 Å². The van der Waals surface area contributed by atoms with Crippen LogP contribution in [0.4, 0.5) is 0 Å². The Labute approximate surface area is 80.1 Å². The zero-order valence-corrected chi connectivity index (χ0v) is 8.76. The molecule has 2 bridgehead atoms. The highest BCUT2D eigenvalue weighted by molar-refractivity contribution is 5.84. The van der Waals surface area contributed by atoms with Crippen molar-refractivity contribution >= 4 is 5.78 Å². The summed E-state index contributed by atoms with van der Waals surface area (Å²) in [7, 11) is 0. The summed E-state index contributed by atoms with van der Waals surface area (Å²) in [4.78, 5) is 11.9. The summed E-state index contributed by atoms with van der Waals surface area (Å²) in [6.45, 7) is 6.53. The zero-order chi connectivity index (χ0) is 9.64. The van der Waals surface area contributed by atoms with Crippen molar-refractivity contribution in [1.82, 2.24) is 5.32 Å². The molecule has 2 rings (SSSR count). The molecule has 0 aliphatic carbocycles. The van der Waals surface area contributed by atoms with Crippen LogP contribution < -0.4 is 5.32 Å². The standard InChI is InChI=1S/C11H19NO/c1-11(2,3)10-8-5-4-7(12-8)6-9(10)13/h7-8,10,12H,4-6H2,1-3H3. The Kier molecular flexibility index (Phi) is 1.99. The van der Waals surface area contributed by atoms with E-state index < -0.39 is 0 Å². The van der Waals surface area contributed by atoms with E-state index >= 15 is 0 Å². The van der Waals surface area contributed by atoms with Gasteiger partial charge in [0.15, 0.2) is 0 Å². The second kappa shape index (κ2) is 2.81. The molecule has 0 saturated carbocycles. The van der Waals surface area contributed by atoms with Crippen molar-refractivity contribution in [2.45, 2.75) is 52.1 Å². The highest BCUT2D eigenvalue weighted by Crippen LogP contribution is 2.39. The van der Waals surface area contributed by atoms with Gasteiger partial charge in [0.2, 0.25) is 0 Å². The van der Waals surface area contributed by atoms with Crippen LogP contribution in [0.3, 0.4) is 0 Å². The lowest BCUT2D eigenvalue weighted by atomic mass is 9.72. The molecule has 74 valence electrons. The second-order valence-electron chi connectivity index (χ2n) is 5.56. The minimum atomic E-state index is 0.129. The molecule has 2 nitrogen and oxygen atoms in total. The Bertz CT molecular complexity index is 229. The number of ketones is 1. The molecule has 1 N–H and O–H groups in total. The first-order valence-electron chi connectivity index (χ1n) is 5.27. The number of Topliss-reactive ketones (excluding diaryl/α,β-unsaturated/α-hetero) is 1. The van der Waals surface area contributed by atoms with Gasteiger partial charge in [0.1, 0.15) is 5.78 Å². The Hall–Kier alpha value is -0.370. The topological polar surface area (TPSA) is 29.1 Å². The molecule has 0 aromatic rings. The van der Waals surface area contributed by atoms with Crippen LogP contribution >= 0.6 is 0 Å². The Morgan fingerprint density at radius 2 is 2.00 bits per heavy atom. The molecule has 2 heterocycles. The predicted molar refractivity (Wildman–Crippen MR) is 52.5 cm³/mol. The fourth-order valence-electron chi connectivity index (χ4n) is 2.95. The van der Waals surface area contributed by atoms with Gasteiger partial charge in [0.05, 0.1) is 0 Å². The highest BCUT2D eigenvalue weighted by atomic mass is 16.1. The summed E-state index contributed by atoms with van der Waals surface area (Å²) in [5.74, 6) is 0.727. The maximum atomic E-state index is 11.9. The van der Waals surface area contributed by atoms with E-state index in [1.54, 1.807) is 0 Å². The van der Waals surface area contributed by atoms with Crippen molar-refractivity contribution in [3.05, 3.63) is 0 Å². The van der Waals surface area contributed by atoms with Crippen LogP contribution in [0.2, 0.25) is 0 Å². The van der Waals surface area contributed by atoms with Gasteiger partial charge in [-0.3, -0.25) is 4.79 Å². The summed E-state index contributed by atoms with van der Waals surface area (Å²) >= 11 is 0. The van der Waals surface area contributed by atoms with Crippen LogP contribution in [0.25, 0.3) is 0 Å². The van der Waals surface area contributed by atoms with E-state index in [-0.39, 0.29) is 11.3 Å². The lowest BCUT2D eigenvalue weighted by molar-refractivity contribution is -0.129. The summed E-state index contributed by atoms with van der Waals surface area (Å²) in [6.07, 6.45) is 3.15. The second-order valence-corrected chi connectivity index (χ2v) is 5.56. The molecular weight excluding hydrogens is 162 g/mol. The molecule has 2 saturated heterocycles. The van der Waals surface area contributed by atoms with Crippen LogP contribution in [0.5, 0.6) is 0 Å². The minimum absolute atomic E-state index is 0.129. The van der Waals surface area contributed by atoms with Crippen LogP contribution in [-0.4, -0.2) is 17.9 Å². The lowest BCUT2D eigenvalue weighted by Crippen LogP contribution is -2.50. The number of rotatable bonds is 0. The molecule has 0 aromatic heterocycles. The maximum Gasteiger partial charge on any atom is 0.139 e. The van der Waals surface area contributed by atoms with Crippen LogP contribution in [-0.2, 0) is 4.79 Å². The van der Waals surface area contributed by atoms with Crippen LogP contribution in [0, 0.1) is 11.3 Å². The van der Waals surface area contributed by atoms with Crippen molar-refractivity contribution in [1.29, 1.82) is 0 Å². The van der Waals surface area contributed by atoms with Crippen molar-refractivity contribution < 1.29 is 4.79 Å². The zero-order valence-electron chi connectivity index (χ0n) is 8.76. The Morgan fingerprint density at radius 3 is 2.62 bits per heavy atom. The SMILES string of the molecule is CC(C)(C)C1C(=O)CC2CCC1N2. The van der Waals surface area contributed by atoms with Gasteiger partial charge in [-0.25, -0.2) is 0 Å². The smallest absolute Gasteiger partial charge is 0.139 e. The van der Waals surface area contributed by atoms with E-state index in [9.17, 15) is 4.79 Å². The van der Waals surface area contributed by atoms with E-state index in [1.165, 1.54) is 12.8 Å². The van der Waals surface area contributed by atoms with E-state index in [0.717, 1.165) is 6.42 Å². The van der Waals surface area contributed by atoms with Crippen LogP contribution in [0.15, 0.2) is 0 Å². The first-order valence-corrected chi connectivity index (χ1v) is 5.27. The highest BCUT2D eigenvalue weighted by Gasteiger charge is 2.45. The molecule has 2 fully saturated rings. The fourth-order valence-corrected chi connectivity index (χ4v) is 2.95. The van der Waals surface area contributed by atoms with E-state index in [2.05, 4.69) is 26.1 Å². The molecule has 3 atom stereocenters. The van der Waals surface area contributed by atoms with Crippen molar-refractivity contribution in [2.24, 2.45) is 11.3 Å². The normalized spacial score (nSPS) is 39.6. The number of carbonyl (C=O) groups is 1. The number of hydrogen-bond donors (Lipinski definition) is 1. The number of fused-ring (bicyclic) bond motifs is 2. The average Bonchev–Trinajstić information content (AvgIpc) is 2.28. The molecule has 0 spiro atoms. The molecule has 0 amide bonds. The molecule has 2 heteroatoms. The lowest BCUT2D eigenvalue weighted by Gasteiger charge is -2.37. The minimum Gasteiger partial charge on any atom is -0.310 e. The largest absolute Gasteiger partial charge is 0.310 e. The fraction of sp³-hybridized carbons (Fsp3) is 0.909. The summed E-state index contributed by atoms with van der Waals surface area (Å²) in [5, 5.41) is 3.56. The quantitative estimate of drug-likeness (QED) is 0.616. The van der Waals surface area contributed by atoms with E-state index in [0.29, 0.717) is 17.9 Å². The van der Waals surface area contributed by atoms with Gasteiger partial charge in [0.25, 0.3) is 0 Å². The van der Waals surface area contributed by atoms with E-state index in [4.69, 9.17) is 0 Å². The summed E-state index contributed by atoms with van der Waals surface area (Å²) in [5.41, 5.74) is 0.129. The molecular formula is C11H19NO. The summed E-state index contributed by atoms with van der Waals surface area (Å²) < 4.78 is 0. The van der Waals surface area contributed by atoms with Gasteiger partial charge in [-0.05, 0) is 18.3 Å². The first-order chi connectivity index (χ1) is 5.98.